The Balaban J connectivity index is 1.58. The van der Waals surface area contributed by atoms with Gasteiger partial charge < -0.3 is 5.11 Å². The first-order valence-electron chi connectivity index (χ1n) is 10.4. The molecule has 0 aliphatic heterocycles. The lowest BCUT2D eigenvalue weighted by molar-refractivity contribution is -0.0526. The third kappa shape index (κ3) is 2.36. The van der Waals surface area contributed by atoms with Gasteiger partial charge in [-0.2, -0.15) is 0 Å². The Morgan fingerprint density at radius 3 is 2.78 bits per heavy atom. The molecule has 0 aromatic rings. The minimum absolute atomic E-state index is 0.384. The van der Waals surface area contributed by atoms with Gasteiger partial charge in [0.1, 0.15) is 0 Å². The Labute approximate surface area is 142 Å². The highest BCUT2D eigenvalue weighted by Gasteiger charge is 2.58. The number of aliphatic hydroxyl groups excluding tert-OH is 1. The largest absolute Gasteiger partial charge is 0.396 e. The topological polar surface area (TPSA) is 20.2 Å². The maximum atomic E-state index is 9.25. The zero-order valence-corrected chi connectivity index (χ0v) is 15.3. The molecule has 4 rings (SSSR count). The van der Waals surface area contributed by atoms with Crippen molar-refractivity contribution in [1.29, 1.82) is 0 Å². The van der Waals surface area contributed by atoms with Crippen molar-refractivity contribution in [2.45, 2.75) is 84.5 Å². The minimum atomic E-state index is 0.384. The summed E-state index contributed by atoms with van der Waals surface area (Å²) in [6.45, 7) is 5.63. The molecule has 1 N–H and O–H groups in total. The van der Waals surface area contributed by atoms with E-state index in [1.165, 1.54) is 64.2 Å². The predicted octanol–water partition coefficient (Wildman–Crippen LogP) is 5.73. The molecule has 3 fully saturated rings. The van der Waals surface area contributed by atoms with E-state index in [4.69, 9.17) is 0 Å². The van der Waals surface area contributed by atoms with E-state index in [1.54, 1.807) is 0 Å². The molecular formula is C22H36O. The Kier molecular flexibility index (Phi) is 4.15. The second kappa shape index (κ2) is 5.90. The molecule has 0 amide bonds. The molecule has 3 saturated carbocycles. The average Bonchev–Trinajstić information content (AvgIpc) is 2.89. The summed E-state index contributed by atoms with van der Waals surface area (Å²) in [6.07, 6.45) is 17.8. The van der Waals surface area contributed by atoms with Crippen molar-refractivity contribution in [3.05, 3.63) is 11.6 Å². The Bertz CT molecular complexity index is 480. The summed E-state index contributed by atoms with van der Waals surface area (Å²) in [5.74, 6) is 3.83. The van der Waals surface area contributed by atoms with E-state index in [9.17, 15) is 5.11 Å². The normalized spacial score (nSPS) is 49.1. The van der Waals surface area contributed by atoms with Crippen LogP contribution in [-0.4, -0.2) is 11.7 Å². The number of aliphatic hydroxyl groups is 1. The summed E-state index contributed by atoms with van der Waals surface area (Å²) >= 11 is 0. The number of hydrogen-bond donors (Lipinski definition) is 1. The Morgan fingerprint density at radius 2 is 1.96 bits per heavy atom. The molecule has 1 heteroatoms. The molecule has 0 radical (unpaired) electrons. The number of fused-ring (bicyclic) bond motifs is 5. The van der Waals surface area contributed by atoms with Crippen LogP contribution in [0.1, 0.15) is 84.5 Å². The number of rotatable bonds is 3. The van der Waals surface area contributed by atoms with Crippen LogP contribution in [0.25, 0.3) is 0 Å². The van der Waals surface area contributed by atoms with Crippen LogP contribution in [0.5, 0.6) is 0 Å². The fourth-order valence-corrected chi connectivity index (χ4v) is 7.67. The molecule has 6 atom stereocenters. The highest BCUT2D eigenvalue weighted by Crippen LogP contribution is 2.67. The Hall–Kier alpha value is -0.300. The van der Waals surface area contributed by atoms with Crippen molar-refractivity contribution in [3.63, 3.8) is 0 Å². The molecular weight excluding hydrogens is 280 g/mol. The molecule has 0 aromatic carbocycles. The summed E-state index contributed by atoms with van der Waals surface area (Å²) in [4.78, 5) is 0. The van der Waals surface area contributed by atoms with Crippen LogP contribution < -0.4 is 0 Å². The van der Waals surface area contributed by atoms with Crippen molar-refractivity contribution in [2.75, 3.05) is 6.61 Å². The van der Waals surface area contributed by atoms with E-state index >= 15 is 0 Å². The smallest absolute Gasteiger partial charge is 0.0431 e. The number of hydrogen-bond acceptors (Lipinski definition) is 1. The number of allylic oxidation sites excluding steroid dienone is 2. The van der Waals surface area contributed by atoms with Crippen LogP contribution in [0.2, 0.25) is 0 Å². The fourth-order valence-electron chi connectivity index (χ4n) is 7.67. The molecule has 0 bridgehead atoms. The average molecular weight is 317 g/mol. The third-order valence-electron chi connectivity index (χ3n) is 8.93. The zero-order chi connectivity index (χ0) is 16.1. The molecule has 0 spiro atoms. The van der Waals surface area contributed by atoms with Gasteiger partial charge >= 0.3 is 0 Å². The fraction of sp³-hybridized carbons (Fsp3) is 0.909. The molecule has 23 heavy (non-hydrogen) atoms. The van der Waals surface area contributed by atoms with Crippen molar-refractivity contribution >= 4 is 0 Å². The van der Waals surface area contributed by atoms with E-state index in [0.717, 1.165) is 30.1 Å². The van der Waals surface area contributed by atoms with Gasteiger partial charge in [0.2, 0.25) is 0 Å². The zero-order valence-electron chi connectivity index (χ0n) is 15.3. The van der Waals surface area contributed by atoms with Gasteiger partial charge in [-0.3, -0.25) is 0 Å². The summed E-state index contributed by atoms with van der Waals surface area (Å²) in [6, 6.07) is 0. The minimum Gasteiger partial charge on any atom is -0.396 e. The van der Waals surface area contributed by atoms with Gasteiger partial charge in [-0.25, -0.2) is 0 Å². The van der Waals surface area contributed by atoms with Gasteiger partial charge in [0.05, 0.1) is 0 Å². The van der Waals surface area contributed by atoms with E-state index in [1.807, 2.05) is 5.57 Å². The van der Waals surface area contributed by atoms with Gasteiger partial charge in [0.25, 0.3) is 0 Å². The van der Waals surface area contributed by atoms with Gasteiger partial charge in [0, 0.05) is 6.61 Å². The molecule has 0 aromatic heterocycles. The second-order valence-corrected chi connectivity index (χ2v) is 9.64. The van der Waals surface area contributed by atoms with Gasteiger partial charge in [0.15, 0.2) is 0 Å². The standard InChI is InChI=1S/C22H36O/c1-21-13-4-3-6-16(21)8-10-18-19-11-9-17(7-5-15-23)22(19,2)14-12-20(18)21/h6,17-20,23H,3-5,7-15H2,1-2H3/t17?,18-,19-,20+,21-,22+/m0/s1. The molecule has 1 unspecified atom stereocenters. The first kappa shape index (κ1) is 16.2. The van der Waals surface area contributed by atoms with E-state index < -0.39 is 0 Å². The van der Waals surface area contributed by atoms with E-state index in [2.05, 4.69) is 19.9 Å². The quantitative estimate of drug-likeness (QED) is 0.659. The molecule has 130 valence electrons. The summed E-state index contributed by atoms with van der Waals surface area (Å²) in [7, 11) is 0. The highest BCUT2D eigenvalue weighted by molar-refractivity contribution is 5.23. The first-order valence-corrected chi connectivity index (χ1v) is 10.4. The van der Waals surface area contributed by atoms with Gasteiger partial charge in [-0.05, 0) is 105 Å². The van der Waals surface area contributed by atoms with Crippen molar-refractivity contribution < 1.29 is 5.11 Å². The monoisotopic (exact) mass is 316 g/mol. The van der Waals surface area contributed by atoms with Crippen molar-refractivity contribution in [2.24, 2.45) is 34.5 Å². The van der Waals surface area contributed by atoms with Crippen LogP contribution in [0.15, 0.2) is 11.6 Å². The highest BCUT2D eigenvalue weighted by atomic mass is 16.2. The molecule has 0 saturated heterocycles. The lowest BCUT2D eigenvalue weighted by Crippen LogP contribution is -2.50. The Morgan fingerprint density at radius 1 is 1.09 bits per heavy atom. The predicted molar refractivity (Wildman–Crippen MR) is 96.1 cm³/mol. The summed E-state index contributed by atoms with van der Waals surface area (Å²) < 4.78 is 0. The van der Waals surface area contributed by atoms with Crippen LogP contribution in [-0.2, 0) is 0 Å². The molecule has 4 aliphatic carbocycles. The van der Waals surface area contributed by atoms with Gasteiger partial charge in [-0.1, -0.05) is 25.5 Å². The van der Waals surface area contributed by atoms with Crippen LogP contribution in [0, 0.1) is 34.5 Å². The summed E-state index contributed by atoms with van der Waals surface area (Å²) in [5.41, 5.74) is 2.97. The van der Waals surface area contributed by atoms with E-state index in [-0.39, 0.29) is 0 Å². The molecule has 0 heterocycles. The third-order valence-corrected chi connectivity index (χ3v) is 8.93. The maximum absolute atomic E-state index is 9.25. The van der Waals surface area contributed by atoms with Crippen molar-refractivity contribution in [1.82, 2.24) is 0 Å². The molecule has 1 nitrogen and oxygen atoms in total. The lowest BCUT2D eigenvalue weighted by atomic mass is 9.47. The van der Waals surface area contributed by atoms with Gasteiger partial charge in [-0.15, -0.1) is 0 Å². The first-order chi connectivity index (χ1) is 11.1. The lowest BCUT2D eigenvalue weighted by Gasteiger charge is -2.58. The van der Waals surface area contributed by atoms with Crippen LogP contribution >= 0.6 is 0 Å². The van der Waals surface area contributed by atoms with Crippen LogP contribution in [0.4, 0.5) is 0 Å². The summed E-state index contributed by atoms with van der Waals surface area (Å²) in [5, 5.41) is 9.25. The van der Waals surface area contributed by atoms with Crippen LogP contribution in [0.3, 0.4) is 0 Å². The SMILES string of the molecule is C[C@]12CCCC=C1CC[C@@H]1[C@H]2CC[C@]2(C)C(CCCO)CC[C@@H]12. The molecule has 4 aliphatic rings. The maximum Gasteiger partial charge on any atom is 0.0431 e. The van der Waals surface area contributed by atoms with E-state index in [0.29, 0.717) is 17.4 Å². The van der Waals surface area contributed by atoms with Crippen molar-refractivity contribution in [3.8, 4) is 0 Å². The second-order valence-electron chi connectivity index (χ2n) is 9.64.